The van der Waals surface area contributed by atoms with Crippen LogP contribution in [0.4, 0.5) is 0 Å². The number of nitrogens with one attached hydrogen (secondary N) is 1. The van der Waals surface area contributed by atoms with E-state index in [2.05, 4.69) is 12.4 Å². The molecule has 0 aromatic heterocycles. The molecule has 0 radical (unpaired) electrons. The maximum absolute atomic E-state index is 5.68. The zero-order valence-electron chi connectivity index (χ0n) is 9.00. The van der Waals surface area contributed by atoms with E-state index in [4.69, 9.17) is 9.57 Å². The Bertz CT molecular complexity index is 169. The number of hydrogen-bond acceptors (Lipinski definition) is 3. The van der Waals surface area contributed by atoms with Crippen LogP contribution in [0, 0.1) is 0 Å². The second-order valence-corrected chi connectivity index (χ2v) is 4.52. The van der Waals surface area contributed by atoms with Gasteiger partial charge < -0.3 is 4.74 Å². The molecule has 0 aromatic rings. The second kappa shape index (κ2) is 5.10. The normalized spacial score (nSPS) is 34.1. The Morgan fingerprint density at radius 2 is 2.00 bits per heavy atom. The lowest BCUT2D eigenvalue weighted by molar-refractivity contribution is -0.0465. The lowest BCUT2D eigenvalue weighted by Gasteiger charge is -2.15. The highest BCUT2D eigenvalue weighted by atomic mass is 16.7. The number of hydroxylamine groups is 1. The molecule has 1 N–H and O–H groups in total. The van der Waals surface area contributed by atoms with Crippen molar-refractivity contribution >= 4 is 0 Å². The molecule has 2 rings (SSSR count). The Kier molecular flexibility index (Phi) is 3.79. The Morgan fingerprint density at radius 3 is 2.64 bits per heavy atom. The van der Waals surface area contributed by atoms with Gasteiger partial charge >= 0.3 is 0 Å². The number of ether oxygens (including phenoxy) is 1. The molecular formula is C11H21NO2. The predicted molar refractivity (Wildman–Crippen MR) is 54.9 cm³/mol. The number of hydrogen-bond donors (Lipinski definition) is 1. The molecule has 1 aliphatic carbocycles. The quantitative estimate of drug-likeness (QED) is 0.703. The van der Waals surface area contributed by atoms with Gasteiger partial charge in [0.25, 0.3) is 0 Å². The van der Waals surface area contributed by atoms with E-state index in [1.54, 1.807) is 0 Å². The van der Waals surface area contributed by atoms with Gasteiger partial charge in [0.05, 0.1) is 18.3 Å². The van der Waals surface area contributed by atoms with Crippen LogP contribution in [-0.2, 0) is 9.57 Å². The summed E-state index contributed by atoms with van der Waals surface area (Å²) in [4.78, 5) is 5.57. The minimum atomic E-state index is 0.367. The highest BCUT2D eigenvalue weighted by molar-refractivity contribution is 4.71. The molecule has 0 aromatic carbocycles. The van der Waals surface area contributed by atoms with Gasteiger partial charge in [-0.15, -0.1) is 0 Å². The standard InChI is InChI=1S/C11H21NO2/c1-9-6-7-11(13-9)8-12-14-10-4-2-3-5-10/h9-12H,2-8H2,1H3. The van der Waals surface area contributed by atoms with Gasteiger partial charge in [-0.1, -0.05) is 12.8 Å². The molecule has 2 aliphatic rings. The Balaban J connectivity index is 1.54. The minimum absolute atomic E-state index is 0.367. The highest BCUT2D eigenvalue weighted by Gasteiger charge is 2.22. The average molecular weight is 199 g/mol. The molecular weight excluding hydrogens is 178 g/mol. The van der Waals surface area contributed by atoms with E-state index < -0.39 is 0 Å². The van der Waals surface area contributed by atoms with Crippen LogP contribution in [0.1, 0.15) is 45.4 Å². The van der Waals surface area contributed by atoms with Crippen LogP contribution in [0.2, 0.25) is 0 Å². The predicted octanol–water partition coefficient (Wildman–Crippen LogP) is 2.02. The lowest BCUT2D eigenvalue weighted by atomic mass is 10.2. The summed E-state index contributed by atoms with van der Waals surface area (Å²) in [6.07, 6.45) is 8.70. The van der Waals surface area contributed by atoms with E-state index >= 15 is 0 Å². The summed E-state index contributed by atoms with van der Waals surface area (Å²) in [5.74, 6) is 0. The van der Waals surface area contributed by atoms with Gasteiger partial charge in [-0.2, -0.15) is 5.48 Å². The van der Waals surface area contributed by atoms with Crippen molar-refractivity contribution in [2.75, 3.05) is 6.54 Å². The molecule has 1 saturated heterocycles. The average Bonchev–Trinajstić information content (AvgIpc) is 2.77. The van der Waals surface area contributed by atoms with Crippen LogP contribution in [0.3, 0.4) is 0 Å². The fraction of sp³-hybridized carbons (Fsp3) is 1.00. The van der Waals surface area contributed by atoms with Gasteiger partial charge in [0.15, 0.2) is 0 Å². The van der Waals surface area contributed by atoms with Crippen molar-refractivity contribution in [2.45, 2.75) is 63.8 Å². The molecule has 3 heteroatoms. The molecule has 2 unspecified atom stereocenters. The molecule has 14 heavy (non-hydrogen) atoms. The van der Waals surface area contributed by atoms with Crippen molar-refractivity contribution < 1.29 is 9.57 Å². The fourth-order valence-corrected chi connectivity index (χ4v) is 2.30. The highest BCUT2D eigenvalue weighted by Crippen LogP contribution is 2.21. The Morgan fingerprint density at radius 1 is 1.21 bits per heavy atom. The van der Waals surface area contributed by atoms with Gasteiger partial charge in [0.2, 0.25) is 0 Å². The van der Waals surface area contributed by atoms with Gasteiger partial charge in [-0.05, 0) is 32.6 Å². The van der Waals surface area contributed by atoms with E-state index in [0.29, 0.717) is 18.3 Å². The van der Waals surface area contributed by atoms with Crippen LogP contribution in [0.25, 0.3) is 0 Å². The summed E-state index contributed by atoms with van der Waals surface area (Å²) in [6.45, 7) is 2.98. The summed E-state index contributed by atoms with van der Waals surface area (Å²) in [6, 6.07) is 0. The van der Waals surface area contributed by atoms with Gasteiger partial charge in [0, 0.05) is 6.54 Å². The van der Waals surface area contributed by atoms with Crippen molar-refractivity contribution in [1.82, 2.24) is 5.48 Å². The van der Waals surface area contributed by atoms with E-state index in [-0.39, 0.29) is 0 Å². The molecule has 1 aliphatic heterocycles. The van der Waals surface area contributed by atoms with Crippen molar-refractivity contribution in [1.29, 1.82) is 0 Å². The van der Waals surface area contributed by atoms with Crippen LogP contribution >= 0.6 is 0 Å². The molecule has 1 heterocycles. The molecule has 1 saturated carbocycles. The molecule has 0 spiro atoms. The van der Waals surface area contributed by atoms with Crippen LogP contribution in [-0.4, -0.2) is 24.9 Å². The van der Waals surface area contributed by atoms with Crippen molar-refractivity contribution in [3.8, 4) is 0 Å². The van der Waals surface area contributed by atoms with Crippen molar-refractivity contribution in [2.24, 2.45) is 0 Å². The third-order valence-corrected chi connectivity index (χ3v) is 3.18. The second-order valence-electron chi connectivity index (χ2n) is 4.52. The molecule has 82 valence electrons. The van der Waals surface area contributed by atoms with Gasteiger partial charge in [0.1, 0.15) is 0 Å². The van der Waals surface area contributed by atoms with Crippen molar-refractivity contribution in [3.63, 3.8) is 0 Å². The van der Waals surface area contributed by atoms with E-state index in [9.17, 15) is 0 Å². The SMILES string of the molecule is CC1CCC(CNOC2CCCC2)O1. The third kappa shape index (κ3) is 2.94. The molecule has 0 bridgehead atoms. The van der Waals surface area contributed by atoms with E-state index in [1.165, 1.54) is 38.5 Å². The third-order valence-electron chi connectivity index (χ3n) is 3.18. The summed E-state index contributed by atoms with van der Waals surface area (Å²) in [5.41, 5.74) is 3.06. The maximum atomic E-state index is 5.68. The van der Waals surface area contributed by atoms with Crippen LogP contribution < -0.4 is 5.48 Å². The first kappa shape index (κ1) is 10.4. The van der Waals surface area contributed by atoms with E-state index in [0.717, 1.165) is 6.54 Å². The molecule has 2 fully saturated rings. The molecule has 2 atom stereocenters. The van der Waals surface area contributed by atoms with Crippen LogP contribution in [0.5, 0.6) is 0 Å². The minimum Gasteiger partial charge on any atom is -0.374 e. The monoisotopic (exact) mass is 199 g/mol. The number of rotatable bonds is 4. The smallest absolute Gasteiger partial charge is 0.0790 e. The Hall–Kier alpha value is -0.120. The largest absolute Gasteiger partial charge is 0.374 e. The fourth-order valence-electron chi connectivity index (χ4n) is 2.30. The summed E-state index contributed by atoms with van der Waals surface area (Å²) in [7, 11) is 0. The molecule has 0 amide bonds. The zero-order valence-corrected chi connectivity index (χ0v) is 9.00. The summed E-state index contributed by atoms with van der Waals surface area (Å²) < 4.78 is 5.68. The van der Waals surface area contributed by atoms with Crippen LogP contribution in [0.15, 0.2) is 0 Å². The topological polar surface area (TPSA) is 30.5 Å². The summed E-state index contributed by atoms with van der Waals surface area (Å²) >= 11 is 0. The first-order valence-electron chi connectivity index (χ1n) is 5.88. The van der Waals surface area contributed by atoms with Gasteiger partial charge in [-0.3, -0.25) is 4.84 Å². The maximum Gasteiger partial charge on any atom is 0.0790 e. The Labute approximate surface area is 86.1 Å². The first-order chi connectivity index (χ1) is 6.84. The van der Waals surface area contributed by atoms with E-state index in [1.807, 2.05) is 0 Å². The van der Waals surface area contributed by atoms with Crippen molar-refractivity contribution in [3.05, 3.63) is 0 Å². The lowest BCUT2D eigenvalue weighted by Crippen LogP contribution is -2.30. The molecule has 3 nitrogen and oxygen atoms in total. The summed E-state index contributed by atoms with van der Waals surface area (Å²) in [5, 5.41) is 0. The van der Waals surface area contributed by atoms with Gasteiger partial charge in [-0.25, -0.2) is 0 Å². The zero-order chi connectivity index (χ0) is 9.80. The first-order valence-corrected chi connectivity index (χ1v) is 5.88.